The molecule has 4 aliphatic rings. The number of aliphatic hydroxyl groups is 3. The van der Waals surface area contributed by atoms with E-state index >= 15 is 0 Å². The SMILES string of the molecule is C[C@@H]1C[C@H]2[C@@H]3CCC4=C(F)C(=O)C=C[C@]4(C)[C@@]3(Cl)[C@@H](O)C[C@]2(C)[C@@]1(O)C(=O)CO. The normalized spacial score (nSPS) is 51.5. The molecule has 0 aromatic rings. The Morgan fingerprint density at radius 2 is 2.00 bits per heavy atom. The Morgan fingerprint density at radius 3 is 2.62 bits per heavy atom. The van der Waals surface area contributed by atoms with Gasteiger partial charge in [-0.15, -0.1) is 11.6 Å². The number of alkyl halides is 1. The van der Waals surface area contributed by atoms with E-state index in [1.165, 1.54) is 6.08 Å². The number of carbonyl (C=O) groups is 2. The highest BCUT2D eigenvalue weighted by atomic mass is 35.5. The maximum atomic E-state index is 14.7. The van der Waals surface area contributed by atoms with E-state index in [9.17, 15) is 29.3 Å². The second-order valence-corrected chi connectivity index (χ2v) is 10.5. The number of Topliss-reactive ketones (excluding diaryl/α,β-unsaturated/α-hetero) is 1. The first-order valence-corrected chi connectivity index (χ1v) is 10.6. The van der Waals surface area contributed by atoms with E-state index in [-0.39, 0.29) is 18.3 Å². The van der Waals surface area contributed by atoms with E-state index in [0.717, 1.165) is 0 Å². The Hall–Kier alpha value is -1.08. The average Bonchev–Trinajstić information content (AvgIpc) is 2.87. The molecule has 0 aliphatic heterocycles. The van der Waals surface area contributed by atoms with Crippen molar-refractivity contribution in [1.82, 2.24) is 0 Å². The van der Waals surface area contributed by atoms with Crippen LogP contribution in [0.15, 0.2) is 23.6 Å². The number of rotatable bonds is 2. The van der Waals surface area contributed by atoms with E-state index in [0.29, 0.717) is 24.8 Å². The highest BCUT2D eigenvalue weighted by Crippen LogP contribution is 2.71. The fourth-order valence-electron chi connectivity index (χ4n) is 7.34. The molecule has 29 heavy (non-hydrogen) atoms. The molecule has 0 unspecified atom stereocenters. The molecule has 3 fully saturated rings. The van der Waals surface area contributed by atoms with Crippen molar-refractivity contribution in [3.63, 3.8) is 0 Å². The molecule has 0 spiro atoms. The molecule has 0 aromatic heterocycles. The summed E-state index contributed by atoms with van der Waals surface area (Å²) in [5, 5.41) is 32.3. The predicted molar refractivity (Wildman–Crippen MR) is 105 cm³/mol. The van der Waals surface area contributed by atoms with Crippen LogP contribution in [0.2, 0.25) is 0 Å². The molecule has 0 amide bonds. The van der Waals surface area contributed by atoms with E-state index in [1.54, 1.807) is 26.8 Å². The molecule has 4 rings (SSSR count). The topological polar surface area (TPSA) is 94.8 Å². The van der Waals surface area contributed by atoms with Gasteiger partial charge in [0.25, 0.3) is 0 Å². The zero-order valence-electron chi connectivity index (χ0n) is 16.9. The molecule has 160 valence electrons. The summed E-state index contributed by atoms with van der Waals surface area (Å²) < 4.78 is 14.7. The number of allylic oxidation sites excluding steroid dienone is 4. The third-order valence-corrected chi connectivity index (χ3v) is 9.81. The monoisotopic (exact) mass is 426 g/mol. The Balaban J connectivity index is 1.86. The summed E-state index contributed by atoms with van der Waals surface area (Å²) in [5.74, 6) is -2.99. The number of carbonyl (C=O) groups excluding carboxylic acids is 2. The van der Waals surface area contributed by atoms with Gasteiger partial charge in [-0.05, 0) is 55.1 Å². The Morgan fingerprint density at radius 1 is 1.34 bits per heavy atom. The molecule has 0 saturated heterocycles. The van der Waals surface area contributed by atoms with E-state index in [2.05, 4.69) is 0 Å². The van der Waals surface area contributed by atoms with Gasteiger partial charge in [0.05, 0.1) is 11.0 Å². The fraction of sp³-hybridized carbons (Fsp3) is 0.727. The van der Waals surface area contributed by atoms with Gasteiger partial charge in [0.15, 0.2) is 11.6 Å². The molecular formula is C22H28ClFO5. The molecule has 0 heterocycles. The van der Waals surface area contributed by atoms with Crippen molar-refractivity contribution in [3.8, 4) is 0 Å². The zero-order valence-corrected chi connectivity index (χ0v) is 17.7. The summed E-state index contributed by atoms with van der Waals surface area (Å²) in [7, 11) is 0. The minimum Gasteiger partial charge on any atom is -0.391 e. The van der Waals surface area contributed by atoms with E-state index in [1.807, 2.05) is 0 Å². The van der Waals surface area contributed by atoms with Crippen molar-refractivity contribution in [1.29, 1.82) is 0 Å². The minimum atomic E-state index is -1.76. The number of hydrogen-bond donors (Lipinski definition) is 3. The van der Waals surface area contributed by atoms with Gasteiger partial charge < -0.3 is 15.3 Å². The Kier molecular flexibility index (Phi) is 4.54. The number of hydrogen-bond acceptors (Lipinski definition) is 5. The van der Waals surface area contributed by atoms with Crippen LogP contribution in [-0.2, 0) is 9.59 Å². The number of halogens is 2. The second kappa shape index (κ2) is 6.22. The van der Waals surface area contributed by atoms with Gasteiger partial charge in [0.2, 0.25) is 5.78 Å². The van der Waals surface area contributed by atoms with Gasteiger partial charge in [-0.2, -0.15) is 0 Å². The number of fused-ring (bicyclic) bond motifs is 5. The third kappa shape index (κ3) is 2.21. The van der Waals surface area contributed by atoms with Crippen LogP contribution in [0.5, 0.6) is 0 Å². The molecule has 3 saturated carbocycles. The van der Waals surface area contributed by atoms with Gasteiger partial charge >= 0.3 is 0 Å². The van der Waals surface area contributed by atoms with E-state index < -0.39 is 57.3 Å². The van der Waals surface area contributed by atoms with Crippen molar-refractivity contribution < 1.29 is 29.3 Å². The van der Waals surface area contributed by atoms with Crippen LogP contribution in [0.3, 0.4) is 0 Å². The quantitative estimate of drug-likeness (QED) is 0.589. The third-order valence-electron chi connectivity index (χ3n) is 8.88. The molecule has 7 heteroatoms. The predicted octanol–water partition coefficient (Wildman–Crippen LogP) is 2.46. The first-order valence-electron chi connectivity index (χ1n) is 10.3. The Bertz CT molecular complexity index is 854. The molecule has 4 aliphatic carbocycles. The van der Waals surface area contributed by atoms with Gasteiger partial charge in [0.1, 0.15) is 12.2 Å². The molecule has 5 nitrogen and oxygen atoms in total. The molecule has 0 bridgehead atoms. The standard InChI is InChI=1S/C22H28ClFO5/c1-11-8-14-12-4-5-13-18(24)15(26)6-7-19(13,2)21(12,23)16(27)9-20(14,3)22(11,29)17(28)10-25/h6-7,11-12,14,16,25,27,29H,4-5,8-10H2,1-3H3/t11-,12+,14+,16+,19+,20+,21+,22+/m1/s1. The van der Waals surface area contributed by atoms with Gasteiger partial charge in [-0.1, -0.05) is 26.8 Å². The zero-order chi connectivity index (χ0) is 21.6. The number of ketones is 2. The van der Waals surface area contributed by atoms with Crippen LogP contribution in [0, 0.1) is 28.6 Å². The summed E-state index contributed by atoms with van der Waals surface area (Å²) >= 11 is 7.21. The summed E-state index contributed by atoms with van der Waals surface area (Å²) in [5.41, 5.74) is -3.43. The largest absolute Gasteiger partial charge is 0.391 e. The lowest BCUT2D eigenvalue weighted by Gasteiger charge is -2.63. The van der Waals surface area contributed by atoms with Gasteiger partial charge in [-0.3, -0.25) is 9.59 Å². The highest BCUT2D eigenvalue weighted by Gasteiger charge is 2.74. The number of aliphatic hydroxyl groups excluding tert-OH is 2. The van der Waals surface area contributed by atoms with Gasteiger partial charge in [-0.25, -0.2) is 4.39 Å². The Labute approximate surface area is 174 Å². The van der Waals surface area contributed by atoms with Crippen LogP contribution in [0.25, 0.3) is 0 Å². The van der Waals surface area contributed by atoms with Crippen molar-refractivity contribution in [3.05, 3.63) is 23.6 Å². The van der Waals surface area contributed by atoms with Crippen molar-refractivity contribution in [2.45, 2.75) is 63.0 Å². The average molecular weight is 427 g/mol. The summed E-state index contributed by atoms with van der Waals surface area (Å²) in [6, 6.07) is 0. The minimum absolute atomic E-state index is 0.0521. The summed E-state index contributed by atoms with van der Waals surface area (Å²) in [4.78, 5) is 23.2. The smallest absolute Gasteiger partial charge is 0.213 e. The maximum absolute atomic E-state index is 14.7. The van der Waals surface area contributed by atoms with E-state index in [4.69, 9.17) is 11.6 Å². The van der Waals surface area contributed by atoms with Crippen LogP contribution in [-0.4, -0.2) is 50.1 Å². The van der Waals surface area contributed by atoms with Gasteiger partial charge in [0, 0.05) is 10.8 Å². The maximum Gasteiger partial charge on any atom is 0.213 e. The van der Waals surface area contributed by atoms with Crippen LogP contribution >= 0.6 is 11.6 Å². The van der Waals surface area contributed by atoms with Crippen LogP contribution in [0.4, 0.5) is 4.39 Å². The van der Waals surface area contributed by atoms with Crippen LogP contribution in [0.1, 0.15) is 46.5 Å². The first-order chi connectivity index (χ1) is 13.4. The summed E-state index contributed by atoms with van der Waals surface area (Å²) in [6.45, 7) is 4.58. The molecule has 8 atom stereocenters. The molecular weight excluding hydrogens is 399 g/mol. The van der Waals surface area contributed by atoms with Crippen molar-refractivity contribution in [2.75, 3.05) is 6.61 Å². The van der Waals surface area contributed by atoms with Crippen LogP contribution < -0.4 is 0 Å². The second-order valence-electron chi connectivity index (χ2n) is 9.83. The lowest BCUT2D eigenvalue weighted by molar-refractivity contribution is -0.179. The molecule has 0 radical (unpaired) electrons. The lowest BCUT2D eigenvalue weighted by Crippen LogP contribution is -2.69. The van der Waals surface area contributed by atoms with Crippen molar-refractivity contribution >= 4 is 23.2 Å². The van der Waals surface area contributed by atoms with Crippen molar-refractivity contribution in [2.24, 2.45) is 28.6 Å². The summed E-state index contributed by atoms with van der Waals surface area (Å²) in [6.07, 6.45) is 3.02. The lowest BCUT2D eigenvalue weighted by atomic mass is 9.45. The molecule has 3 N–H and O–H groups in total. The molecule has 0 aromatic carbocycles. The highest BCUT2D eigenvalue weighted by molar-refractivity contribution is 6.26. The fourth-order valence-corrected chi connectivity index (χ4v) is 7.86. The first kappa shape index (κ1) is 21.2.